The molecule has 108 valence electrons. The van der Waals surface area contributed by atoms with Crippen molar-refractivity contribution in [3.63, 3.8) is 0 Å². The van der Waals surface area contributed by atoms with Gasteiger partial charge >= 0.3 is 0 Å². The standard InChI is InChI=1S/C16H15BrN2O2/c17-14-6-4-13(5-7-14)16(20)12-19(9-2-8-18)11-15-3-1-10-21-15/h1,3-7,10H,2,9,11-12H2/p+1. The minimum Gasteiger partial charge on any atom is -0.463 e. The first-order valence-corrected chi connectivity index (χ1v) is 7.50. The monoisotopic (exact) mass is 347 g/mol. The zero-order valence-corrected chi connectivity index (χ0v) is 13.1. The molecule has 21 heavy (non-hydrogen) atoms. The number of quaternary nitrogens is 1. The van der Waals surface area contributed by atoms with Gasteiger partial charge in [-0.1, -0.05) is 28.1 Å². The van der Waals surface area contributed by atoms with Crippen LogP contribution in [0.25, 0.3) is 0 Å². The molecule has 0 radical (unpaired) electrons. The number of hydrogen-bond donors (Lipinski definition) is 1. The molecule has 2 rings (SSSR count). The second-order valence-corrected chi connectivity index (χ2v) is 5.69. The highest BCUT2D eigenvalue weighted by Crippen LogP contribution is 2.10. The number of nitrogens with zero attached hydrogens (tertiary/aromatic N) is 1. The van der Waals surface area contributed by atoms with Gasteiger partial charge in [0.25, 0.3) is 0 Å². The van der Waals surface area contributed by atoms with E-state index < -0.39 is 0 Å². The van der Waals surface area contributed by atoms with Crippen LogP contribution in [0.5, 0.6) is 0 Å². The SMILES string of the molecule is N#CCC[NH+](CC(=O)c1ccc(Br)cc1)Cc1ccco1. The molecule has 4 nitrogen and oxygen atoms in total. The van der Waals surface area contributed by atoms with Crippen LogP contribution in [-0.2, 0) is 6.54 Å². The molecule has 1 N–H and O–H groups in total. The lowest BCUT2D eigenvalue weighted by Gasteiger charge is -2.16. The lowest BCUT2D eigenvalue weighted by Crippen LogP contribution is -3.11. The van der Waals surface area contributed by atoms with E-state index in [-0.39, 0.29) is 5.78 Å². The van der Waals surface area contributed by atoms with Gasteiger partial charge in [0.05, 0.1) is 25.3 Å². The Hall–Kier alpha value is -1.90. The molecule has 0 saturated carbocycles. The molecule has 1 heterocycles. The molecule has 1 aromatic heterocycles. The topological polar surface area (TPSA) is 58.4 Å². The second kappa shape index (κ2) is 7.77. The van der Waals surface area contributed by atoms with Crippen LogP contribution in [0.4, 0.5) is 0 Å². The number of ketones is 1. The third kappa shape index (κ3) is 4.85. The molecule has 0 aliphatic rings. The maximum atomic E-state index is 12.3. The number of nitrogens with one attached hydrogen (secondary N) is 1. The zero-order chi connectivity index (χ0) is 15.1. The average Bonchev–Trinajstić information content (AvgIpc) is 2.98. The van der Waals surface area contributed by atoms with Gasteiger partial charge in [0, 0.05) is 10.0 Å². The molecule has 0 amide bonds. The van der Waals surface area contributed by atoms with Crippen molar-refractivity contribution < 1.29 is 14.1 Å². The Morgan fingerprint density at radius 2 is 2.05 bits per heavy atom. The Bertz CT molecular complexity index is 615. The summed E-state index contributed by atoms with van der Waals surface area (Å²) in [5.74, 6) is 0.897. The zero-order valence-electron chi connectivity index (χ0n) is 11.5. The predicted molar refractivity (Wildman–Crippen MR) is 81.8 cm³/mol. The average molecular weight is 348 g/mol. The third-order valence-corrected chi connectivity index (χ3v) is 3.70. The summed E-state index contributed by atoms with van der Waals surface area (Å²) in [7, 11) is 0. The van der Waals surface area contributed by atoms with Crippen LogP contribution in [0.3, 0.4) is 0 Å². The smallest absolute Gasteiger partial charge is 0.216 e. The van der Waals surface area contributed by atoms with Crippen LogP contribution < -0.4 is 4.90 Å². The fourth-order valence-corrected chi connectivity index (χ4v) is 2.36. The minimum absolute atomic E-state index is 0.0713. The van der Waals surface area contributed by atoms with Gasteiger partial charge in [0.2, 0.25) is 5.78 Å². The van der Waals surface area contributed by atoms with Gasteiger partial charge in [0.1, 0.15) is 13.1 Å². The van der Waals surface area contributed by atoms with Crippen LogP contribution in [-0.4, -0.2) is 18.9 Å². The van der Waals surface area contributed by atoms with Crippen molar-refractivity contribution >= 4 is 21.7 Å². The van der Waals surface area contributed by atoms with Crippen molar-refractivity contribution in [3.8, 4) is 6.07 Å². The molecule has 0 aliphatic carbocycles. The van der Waals surface area contributed by atoms with E-state index in [4.69, 9.17) is 9.68 Å². The van der Waals surface area contributed by atoms with E-state index in [2.05, 4.69) is 22.0 Å². The van der Waals surface area contributed by atoms with Crippen molar-refractivity contribution in [2.75, 3.05) is 13.1 Å². The minimum atomic E-state index is 0.0713. The number of carbonyl (C=O) groups is 1. The molecule has 2 aromatic rings. The van der Waals surface area contributed by atoms with Gasteiger partial charge in [-0.3, -0.25) is 4.79 Å². The Morgan fingerprint density at radius 1 is 1.29 bits per heavy atom. The molecule has 5 heteroatoms. The van der Waals surface area contributed by atoms with Gasteiger partial charge in [0.15, 0.2) is 5.76 Å². The Labute approximate surface area is 132 Å². The van der Waals surface area contributed by atoms with E-state index in [1.807, 2.05) is 24.3 Å². The molecule has 0 bridgehead atoms. The maximum absolute atomic E-state index is 12.3. The van der Waals surface area contributed by atoms with Crippen LogP contribution in [0.15, 0.2) is 51.6 Å². The lowest BCUT2D eigenvalue weighted by molar-refractivity contribution is -0.905. The summed E-state index contributed by atoms with van der Waals surface area (Å²) in [5, 5.41) is 8.75. The maximum Gasteiger partial charge on any atom is 0.216 e. The summed E-state index contributed by atoms with van der Waals surface area (Å²) in [6.07, 6.45) is 2.04. The summed E-state index contributed by atoms with van der Waals surface area (Å²) >= 11 is 3.35. The number of Topliss-reactive ketones (excluding diaryl/α,β-unsaturated/α-hetero) is 1. The number of halogens is 1. The van der Waals surface area contributed by atoms with Gasteiger partial charge in [-0.2, -0.15) is 5.26 Å². The number of hydrogen-bond acceptors (Lipinski definition) is 3. The summed E-state index contributed by atoms with van der Waals surface area (Å²) in [6.45, 7) is 1.58. The highest BCUT2D eigenvalue weighted by molar-refractivity contribution is 9.10. The van der Waals surface area contributed by atoms with Crippen LogP contribution in [0.2, 0.25) is 0 Å². The molecule has 0 saturated heterocycles. The van der Waals surface area contributed by atoms with Crippen molar-refractivity contribution in [2.45, 2.75) is 13.0 Å². The largest absolute Gasteiger partial charge is 0.463 e. The Balaban J connectivity index is 2.01. The number of rotatable bonds is 7. The molecule has 0 fully saturated rings. The number of furan rings is 1. The van der Waals surface area contributed by atoms with Crippen molar-refractivity contribution in [3.05, 3.63) is 58.5 Å². The number of benzene rings is 1. The predicted octanol–water partition coefficient (Wildman–Crippen LogP) is 2.22. The summed E-state index contributed by atoms with van der Waals surface area (Å²) < 4.78 is 6.27. The molecular weight excluding hydrogens is 332 g/mol. The molecule has 1 aromatic carbocycles. The van der Waals surface area contributed by atoms with Gasteiger partial charge in [-0.25, -0.2) is 0 Å². The van der Waals surface area contributed by atoms with Crippen molar-refractivity contribution in [1.29, 1.82) is 5.26 Å². The first kappa shape index (κ1) is 15.5. The van der Waals surface area contributed by atoms with Gasteiger partial charge in [-0.05, 0) is 24.3 Å². The van der Waals surface area contributed by atoms with E-state index in [1.54, 1.807) is 18.4 Å². The second-order valence-electron chi connectivity index (χ2n) is 4.77. The van der Waals surface area contributed by atoms with E-state index in [1.165, 1.54) is 0 Å². The fraction of sp³-hybridized carbons (Fsp3) is 0.250. The molecule has 0 spiro atoms. The Morgan fingerprint density at radius 3 is 2.67 bits per heavy atom. The van der Waals surface area contributed by atoms with E-state index in [0.717, 1.165) is 15.1 Å². The van der Waals surface area contributed by atoms with Crippen molar-refractivity contribution in [1.82, 2.24) is 0 Å². The Kier molecular flexibility index (Phi) is 5.73. The van der Waals surface area contributed by atoms with Gasteiger partial charge < -0.3 is 9.32 Å². The van der Waals surface area contributed by atoms with Gasteiger partial charge in [-0.15, -0.1) is 0 Å². The van der Waals surface area contributed by atoms with Crippen LogP contribution in [0, 0.1) is 11.3 Å². The normalized spacial score (nSPS) is 11.8. The van der Waals surface area contributed by atoms with E-state index in [9.17, 15) is 4.79 Å². The van der Waals surface area contributed by atoms with Crippen molar-refractivity contribution in [2.24, 2.45) is 0 Å². The lowest BCUT2D eigenvalue weighted by atomic mass is 10.1. The summed E-state index contributed by atoms with van der Waals surface area (Å²) in [4.78, 5) is 13.3. The quantitative estimate of drug-likeness (QED) is 0.781. The number of nitriles is 1. The molecule has 0 aliphatic heterocycles. The molecule has 1 atom stereocenters. The molecule has 1 unspecified atom stereocenters. The fourth-order valence-electron chi connectivity index (χ4n) is 2.10. The van der Waals surface area contributed by atoms with Crippen LogP contribution >= 0.6 is 15.9 Å². The van der Waals surface area contributed by atoms with E-state index >= 15 is 0 Å². The first-order valence-electron chi connectivity index (χ1n) is 6.70. The summed E-state index contributed by atoms with van der Waals surface area (Å²) in [6, 6.07) is 13.2. The highest BCUT2D eigenvalue weighted by atomic mass is 79.9. The number of carbonyl (C=O) groups excluding carboxylic acids is 1. The molecular formula is C16H16BrN2O2+. The summed E-state index contributed by atoms with van der Waals surface area (Å²) in [5.41, 5.74) is 0.687. The van der Waals surface area contributed by atoms with E-state index in [0.29, 0.717) is 31.6 Å². The first-order chi connectivity index (χ1) is 10.2. The third-order valence-electron chi connectivity index (χ3n) is 3.17. The van der Waals surface area contributed by atoms with Crippen LogP contribution in [0.1, 0.15) is 22.5 Å². The highest BCUT2D eigenvalue weighted by Gasteiger charge is 2.17.